The van der Waals surface area contributed by atoms with Crippen LogP contribution in [0.25, 0.3) is 0 Å². The van der Waals surface area contributed by atoms with Gasteiger partial charge in [-0.3, -0.25) is 14.5 Å². The van der Waals surface area contributed by atoms with Crippen LogP contribution in [0.2, 0.25) is 0 Å². The van der Waals surface area contributed by atoms with Crippen molar-refractivity contribution < 1.29 is 9.59 Å². The van der Waals surface area contributed by atoms with Crippen LogP contribution < -0.4 is 10.2 Å². The average molecular weight is 482 g/mol. The van der Waals surface area contributed by atoms with Gasteiger partial charge in [-0.2, -0.15) is 5.26 Å². The fourth-order valence-corrected chi connectivity index (χ4v) is 5.26. The van der Waals surface area contributed by atoms with Crippen molar-refractivity contribution >= 4 is 35.0 Å². The molecule has 5 nitrogen and oxygen atoms in total. The summed E-state index contributed by atoms with van der Waals surface area (Å²) in [7, 11) is 0. The van der Waals surface area contributed by atoms with Gasteiger partial charge in [-0.15, -0.1) is 0 Å². The minimum absolute atomic E-state index is 0.0715. The summed E-state index contributed by atoms with van der Waals surface area (Å²) in [5, 5.41) is 12.8. The molecule has 1 fully saturated rings. The van der Waals surface area contributed by atoms with Crippen LogP contribution in [0.5, 0.6) is 0 Å². The minimum Gasteiger partial charge on any atom is -0.321 e. The third-order valence-corrected chi connectivity index (χ3v) is 7.08. The number of carbonyl (C=O) groups is 2. The van der Waals surface area contributed by atoms with Gasteiger partial charge in [0.05, 0.1) is 5.25 Å². The van der Waals surface area contributed by atoms with Crippen molar-refractivity contribution in [3.63, 3.8) is 0 Å². The molecule has 3 aromatic rings. The monoisotopic (exact) mass is 481 g/mol. The summed E-state index contributed by atoms with van der Waals surface area (Å²) in [5.74, 6) is -0.661. The normalized spacial score (nSPS) is 16.6. The Hall–Kier alpha value is -3.82. The number of nitrogens with one attached hydrogen (secondary N) is 1. The van der Waals surface area contributed by atoms with E-state index in [4.69, 9.17) is 0 Å². The van der Waals surface area contributed by atoms with E-state index in [1.54, 1.807) is 0 Å². The zero-order valence-electron chi connectivity index (χ0n) is 19.6. The van der Waals surface area contributed by atoms with Crippen molar-refractivity contribution in [2.75, 3.05) is 10.2 Å². The zero-order chi connectivity index (χ0) is 24.6. The molecule has 0 aliphatic carbocycles. The van der Waals surface area contributed by atoms with Crippen LogP contribution in [-0.2, 0) is 22.4 Å². The van der Waals surface area contributed by atoms with Crippen LogP contribution in [0.1, 0.15) is 30.9 Å². The summed E-state index contributed by atoms with van der Waals surface area (Å²) in [6, 6.07) is 28.7. The first kappa shape index (κ1) is 24.3. The molecule has 1 heterocycles. The zero-order valence-corrected chi connectivity index (χ0v) is 20.4. The lowest BCUT2D eigenvalue weighted by atomic mass is 10.1. The van der Waals surface area contributed by atoms with E-state index < -0.39 is 11.2 Å². The van der Waals surface area contributed by atoms with E-state index in [9.17, 15) is 14.9 Å². The summed E-state index contributed by atoms with van der Waals surface area (Å²) in [6.45, 7) is 2.15. The Kier molecular flexibility index (Phi) is 8.02. The number of unbranched alkanes of at least 4 members (excludes halogenated alkanes) is 1. The SMILES string of the molecule is CCCCc1ccc(NC(=O)/C(C#N)=C2\SC(Cc3ccccc3)C(=O)N2c2ccccc2)cc1. The Labute approximate surface area is 210 Å². The van der Waals surface area contributed by atoms with Crippen LogP contribution in [0, 0.1) is 11.3 Å². The molecule has 0 radical (unpaired) electrons. The van der Waals surface area contributed by atoms with E-state index in [-0.39, 0.29) is 11.5 Å². The van der Waals surface area contributed by atoms with Crippen molar-refractivity contribution in [2.45, 2.75) is 37.9 Å². The predicted octanol–water partition coefficient (Wildman–Crippen LogP) is 6.09. The van der Waals surface area contributed by atoms with E-state index >= 15 is 0 Å². The number of amides is 2. The number of para-hydroxylation sites is 1. The predicted molar refractivity (Wildman–Crippen MR) is 142 cm³/mol. The second-order valence-corrected chi connectivity index (χ2v) is 9.54. The van der Waals surface area contributed by atoms with Crippen LogP contribution in [0.4, 0.5) is 11.4 Å². The Bertz CT molecular complexity index is 1250. The van der Waals surface area contributed by atoms with Gasteiger partial charge in [0, 0.05) is 11.4 Å². The Balaban J connectivity index is 1.63. The van der Waals surface area contributed by atoms with E-state index in [0.29, 0.717) is 22.8 Å². The topological polar surface area (TPSA) is 73.2 Å². The molecule has 1 unspecified atom stereocenters. The van der Waals surface area contributed by atoms with Crippen LogP contribution in [0.3, 0.4) is 0 Å². The fourth-order valence-electron chi connectivity index (χ4n) is 3.96. The number of anilines is 2. The molecule has 0 spiro atoms. The first-order valence-electron chi connectivity index (χ1n) is 11.7. The van der Waals surface area contributed by atoms with Gasteiger partial charge in [0.15, 0.2) is 0 Å². The highest BCUT2D eigenvalue weighted by atomic mass is 32.2. The molecule has 3 aromatic carbocycles. The number of nitriles is 1. The summed E-state index contributed by atoms with van der Waals surface area (Å²) in [6.07, 6.45) is 3.74. The summed E-state index contributed by atoms with van der Waals surface area (Å²) >= 11 is 1.27. The smallest absolute Gasteiger partial charge is 0.269 e. The van der Waals surface area contributed by atoms with Crippen molar-refractivity contribution in [1.82, 2.24) is 0 Å². The van der Waals surface area contributed by atoms with E-state index in [1.807, 2.05) is 84.9 Å². The molecule has 0 aromatic heterocycles. The number of aryl methyl sites for hydroxylation is 1. The highest BCUT2D eigenvalue weighted by Gasteiger charge is 2.40. The quantitative estimate of drug-likeness (QED) is 0.312. The molecule has 2 amide bonds. The average Bonchev–Trinajstić information content (AvgIpc) is 3.20. The third kappa shape index (κ3) is 5.82. The number of rotatable bonds is 8. The summed E-state index contributed by atoms with van der Waals surface area (Å²) in [5.41, 5.74) is 3.41. The fraction of sp³-hybridized carbons (Fsp3) is 0.207. The summed E-state index contributed by atoms with van der Waals surface area (Å²) in [4.78, 5) is 28.2. The van der Waals surface area contributed by atoms with Gasteiger partial charge in [0.25, 0.3) is 5.91 Å². The minimum atomic E-state index is -0.523. The molecule has 1 saturated heterocycles. The Morgan fingerprint density at radius 2 is 1.63 bits per heavy atom. The lowest BCUT2D eigenvalue weighted by Gasteiger charge is -2.18. The molecule has 1 aliphatic heterocycles. The number of nitrogens with zero attached hydrogens (tertiary/aromatic N) is 2. The second-order valence-electron chi connectivity index (χ2n) is 8.35. The molecule has 1 aliphatic rings. The third-order valence-electron chi connectivity index (χ3n) is 5.81. The number of carbonyl (C=O) groups excluding carboxylic acids is 2. The molecule has 0 saturated carbocycles. The van der Waals surface area contributed by atoms with Crippen LogP contribution in [-0.4, -0.2) is 17.1 Å². The van der Waals surface area contributed by atoms with E-state index in [1.165, 1.54) is 22.2 Å². The van der Waals surface area contributed by atoms with Gasteiger partial charge in [-0.05, 0) is 54.7 Å². The Morgan fingerprint density at radius 3 is 2.26 bits per heavy atom. The van der Waals surface area contributed by atoms with E-state index in [0.717, 1.165) is 24.8 Å². The molecular weight excluding hydrogens is 454 g/mol. The number of hydrogen-bond acceptors (Lipinski definition) is 4. The highest BCUT2D eigenvalue weighted by Crippen LogP contribution is 2.42. The molecule has 6 heteroatoms. The van der Waals surface area contributed by atoms with E-state index in [2.05, 4.69) is 18.3 Å². The van der Waals surface area contributed by atoms with Gasteiger partial charge in [0.1, 0.15) is 16.7 Å². The molecular formula is C29H27N3O2S. The van der Waals surface area contributed by atoms with Crippen molar-refractivity contribution in [1.29, 1.82) is 5.26 Å². The maximum absolute atomic E-state index is 13.5. The molecule has 0 bridgehead atoms. The van der Waals surface area contributed by atoms with Gasteiger partial charge >= 0.3 is 0 Å². The maximum atomic E-state index is 13.5. The van der Waals surface area contributed by atoms with Gasteiger partial charge in [-0.25, -0.2) is 0 Å². The molecule has 1 N–H and O–H groups in total. The van der Waals surface area contributed by atoms with Crippen molar-refractivity contribution in [3.8, 4) is 6.07 Å². The van der Waals surface area contributed by atoms with Gasteiger partial charge in [-0.1, -0.05) is 85.8 Å². The number of hydrogen-bond donors (Lipinski definition) is 1. The first-order valence-corrected chi connectivity index (χ1v) is 12.6. The molecule has 35 heavy (non-hydrogen) atoms. The number of benzene rings is 3. The summed E-state index contributed by atoms with van der Waals surface area (Å²) < 4.78 is 0. The molecule has 176 valence electrons. The molecule has 4 rings (SSSR count). The molecule has 1 atom stereocenters. The van der Waals surface area contributed by atoms with Crippen molar-refractivity contribution in [2.24, 2.45) is 0 Å². The standard InChI is InChI=1S/C29H27N3O2S/c1-2-3-10-21-15-17-23(18-16-21)31-27(33)25(20-30)29-32(24-13-8-5-9-14-24)28(34)26(35-29)19-22-11-6-4-7-12-22/h4-9,11-18,26H,2-3,10,19H2,1H3,(H,31,33)/b29-25-. The van der Waals surface area contributed by atoms with Gasteiger partial charge in [0.2, 0.25) is 5.91 Å². The van der Waals surface area contributed by atoms with Crippen LogP contribution in [0.15, 0.2) is 95.5 Å². The largest absolute Gasteiger partial charge is 0.321 e. The van der Waals surface area contributed by atoms with Crippen LogP contribution >= 0.6 is 11.8 Å². The lowest BCUT2D eigenvalue weighted by Crippen LogP contribution is -2.30. The Morgan fingerprint density at radius 1 is 0.971 bits per heavy atom. The van der Waals surface area contributed by atoms with Crippen molar-refractivity contribution in [3.05, 3.63) is 107 Å². The lowest BCUT2D eigenvalue weighted by molar-refractivity contribution is -0.117. The number of thioether (sulfide) groups is 1. The first-order chi connectivity index (χ1) is 17.1. The van der Waals surface area contributed by atoms with Gasteiger partial charge < -0.3 is 5.32 Å². The highest BCUT2D eigenvalue weighted by molar-refractivity contribution is 8.05. The second kappa shape index (κ2) is 11.5. The maximum Gasteiger partial charge on any atom is 0.269 e.